The second-order valence-electron chi connectivity index (χ2n) is 15.2. The van der Waals surface area contributed by atoms with Gasteiger partial charge in [0.25, 0.3) is 0 Å². The fraction of sp³-hybridized carbons (Fsp3) is 0.579. The summed E-state index contributed by atoms with van der Waals surface area (Å²) in [6.45, 7) is 8.33. The first-order valence-corrected chi connectivity index (χ1v) is 17.6. The molecule has 8 atom stereocenters. The first-order valence-electron chi connectivity index (χ1n) is 17.6. The van der Waals surface area contributed by atoms with Crippen LogP contribution >= 0.6 is 0 Å². The first-order chi connectivity index (χ1) is 26.1. The number of aliphatic hydroxyl groups is 2. The summed E-state index contributed by atoms with van der Waals surface area (Å²) in [4.78, 5) is 49.4. The topological polar surface area (TPSA) is 201 Å². The number of halogens is 2. The zero-order valence-electron chi connectivity index (χ0n) is 32.1. The lowest BCUT2D eigenvalue weighted by Crippen LogP contribution is -2.46. The Hall–Kier alpha value is -4.78. The van der Waals surface area contributed by atoms with Gasteiger partial charge in [0, 0.05) is 6.42 Å². The smallest absolute Gasteiger partial charge is 0.431 e. The Morgan fingerprint density at radius 3 is 1.59 bits per heavy atom. The fourth-order valence-electron chi connectivity index (χ4n) is 5.64. The molecule has 2 aliphatic heterocycles. The van der Waals surface area contributed by atoms with Crippen LogP contribution in [-0.2, 0) is 67.0 Å². The summed E-state index contributed by atoms with van der Waals surface area (Å²) in [6, 6.07) is 15.4. The Morgan fingerprint density at radius 1 is 0.625 bits per heavy atom. The Kier molecular flexibility index (Phi) is 14.1. The number of aliphatic hydroxyl groups excluding tert-OH is 2. The molecule has 18 heteroatoms. The van der Waals surface area contributed by atoms with Crippen molar-refractivity contribution in [3.05, 3.63) is 71.3 Å². The van der Waals surface area contributed by atoms with E-state index in [9.17, 15) is 29.4 Å². The van der Waals surface area contributed by atoms with Gasteiger partial charge in [0.15, 0.2) is 36.1 Å². The van der Waals surface area contributed by atoms with Crippen LogP contribution in [0.3, 0.4) is 0 Å². The van der Waals surface area contributed by atoms with E-state index in [1.54, 1.807) is 89.2 Å². The zero-order valence-corrected chi connectivity index (χ0v) is 32.1. The molecule has 2 heterocycles. The molecule has 0 spiro atoms. The Bertz CT molecular complexity index is 1640. The summed E-state index contributed by atoms with van der Waals surface area (Å²) in [5, 5.41) is 20.1. The van der Waals surface area contributed by atoms with Crippen LogP contribution in [0.2, 0.25) is 0 Å². The van der Waals surface area contributed by atoms with Crippen molar-refractivity contribution >= 4 is 24.6 Å². The van der Waals surface area contributed by atoms with Gasteiger partial charge >= 0.3 is 24.6 Å². The molecular weight excluding hydrogens is 750 g/mol. The summed E-state index contributed by atoms with van der Waals surface area (Å²) in [7, 11) is 0. The third-order valence-corrected chi connectivity index (χ3v) is 8.50. The van der Waals surface area contributed by atoms with E-state index < -0.39 is 97.4 Å². The number of benzene rings is 2. The van der Waals surface area contributed by atoms with Crippen LogP contribution in [0, 0.1) is 0 Å². The quantitative estimate of drug-likeness (QED) is 0.183. The van der Waals surface area contributed by atoms with Crippen molar-refractivity contribution in [3.63, 3.8) is 0 Å². The van der Waals surface area contributed by atoms with Crippen LogP contribution in [0.25, 0.3) is 0 Å². The zero-order chi connectivity index (χ0) is 41.5. The number of alkyl halides is 2. The molecule has 2 N–H and O–H groups in total. The lowest BCUT2D eigenvalue weighted by molar-refractivity contribution is -0.146. The van der Waals surface area contributed by atoms with Crippen molar-refractivity contribution in [1.82, 2.24) is 0 Å². The second-order valence-corrected chi connectivity index (χ2v) is 15.2. The van der Waals surface area contributed by atoms with Crippen molar-refractivity contribution in [2.24, 2.45) is 0 Å². The molecule has 2 aromatic rings. The van der Waals surface area contributed by atoms with E-state index in [1.807, 2.05) is 0 Å². The number of carbonyl (C=O) groups is 4. The molecular formula is C38H48F2O16. The molecule has 310 valence electrons. The highest BCUT2D eigenvalue weighted by Crippen LogP contribution is 2.37. The molecule has 56 heavy (non-hydrogen) atoms. The van der Waals surface area contributed by atoms with Crippen molar-refractivity contribution in [2.75, 3.05) is 13.2 Å². The average molecular weight is 799 g/mol. The summed E-state index contributed by atoms with van der Waals surface area (Å²) < 4.78 is 81.7. The van der Waals surface area contributed by atoms with E-state index in [-0.39, 0.29) is 19.6 Å². The summed E-state index contributed by atoms with van der Waals surface area (Å²) in [6.07, 6.45) is -14.6. The van der Waals surface area contributed by atoms with Gasteiger partial charge in [0.05, 0.1) is 0 Å². The number of hydrogen-bond donors (Lipinski definition) is 2. The second kappa shape index (κ2) is 18.0. The van der Waals surface area contributed by atoms with Crippen molar-refractivity contribution in [2.45, 2.75) is 128 Å². The van der Waals surface area contributed by atoms with E-state index in [2.05, 4.69) is 0 Å². The highest BCUT2D eigenvalue weighted by molar-refractivity contribution is 5.62. The molecule has 0 bridgehead atoms. The van der Waals surface area contributed by atoms with Gasteiger partial charge in [-0.05, 0) is 65.2 Å². The minimum absolute atomic E-state index is 0.0768. The fourth-order valence-corrected chi connectivity index (χ4v) is 5.64. The van der Waals surface area contributed by atoms with Crippen molar-refractivity contribution < 1.29 is 85.5 Å². The standard InChI is InChI=1S/C38H48F2O16/c1-35(2,3)55-34(46)54-28-26(52-30(42)38(28,7)40)21-50-33(45)56-36(4,5)17-22-13-15-24(16-14-22)19-48-32(44)53-27-25(51-29(41)37(27,6)39)20-49-31(43)47-18-23-11-9-8-10-12-23/h8-16,25-30,41-42H,17-21H2,1-7H3/t25-,26-,27-,28-,29-,30+,37-,38-/m1/s1. The predicted molar refractivity (Wildman–Crippen MR) is 186 cm³/mol. The predicted octanol–water partition coefficient (Wildman–Crippen LogP) is 5.75. The van der Waals surface area contributed by atoms with Gasteiger partial charge < -0.3 is 57.6 Å². The molecule has 0 aliphatic carbocycles. The molecule has 0 amide bonds. The van der Waals surface area contributed by atoms with Crippen LogP contribution in [0.1, 0.15) is 65.2 Å². The number of carbonyl (C=O) groups excluding carboxylic acids is 4. The SMILES string of the molecule is CC(C)(C)OC(=O)O[C@@H]1[C@@H](COC(=O)OC(C)(C)Cc2ccc(COC(=O)O[C@@H]3[C@@H](COC(=O)OCc4ccccc4)O[C@@H](O)[C@]3(C)F)cc2)O[C@H](O)[C@]1(C)F. The Balaban J connectivity index is 1.22. The minimum atomic E-state index is -2.56. The lowest BCUT2D eigenvalue weighted by Gasteiger charge is -2.28. The molecule has 4 rings (SSSR count). The van der Waals surface area contributed by atoms with Gasteiger partial charge in [0.2, 0.25) is 0 Å². The van der Waals surface area contributed by atoms with E-state index in [0.717, 1.165) is 13.8 Å². The molecule has 0 saturated carbocycles. The molecule has 0 aromatic heterocycles. The first kappa shape index (κ1) is 43.9. The van der Waals surface area contributed by atoms with Crippen LogP contribution < -0.4 is 0 Å². The maximum Gasteiger partial charge on any atom is 0.509 e. The van der Waals surface area contributed by atoms with Gasteiger partial charge in [-0.1, -0.05) is 54.6 Å². The number of ether oxygens (including phenoxy) is 10. The van der Waals surface area contributed by atoms with Crippen LogP contribution in [0.4, 0.5) is 28.0 Å². The maximum absolute atomic E-state index is 15.3. The number of rotatable bonds is 13. The average Bonchev–Trinajstić information content (AvgIpc) is 3.44. The van der Waals surface area contributed by atoms with Gasteiger partial charge in [-0.3, -0.25) is 0 Å². The molecule has 16 nitrogen and oxygen atoms in total. The Labute approximate surface area is 322 Å². The molecule has 0 unspecified atom stereocenters. The summed E-state index contributed by atoms with van der Waals surface area (Å²) in [5.41, 5.74) is -5.24. The van der Waals surface area contributed by atoms with Crippen LogP contribution in [-0.4, -0.2) is 108 Å². The summed E-state index contributed by atoms with van der Waals surface area (Å²) >= 11 is 0. The molecule has 0 radical (unpaired) electrons. The lowest BCUT2D eigenvalue weighted by atomic mass is 9.97. The van der Waals surface area contributed by atoms with Gasteiger partial charge in [-0.25, -0.2) is 28.0 Å². The van der Waals surface area contributed by atoms with Gasteiger partial charge in [-0.2, -0.15) is 0 Å². The maximum atomic E-state index is 15.3. The molecule has 2 aliphatic rings. The van der Waals surface area contributed by atoms with Crippen LogP contribution in [0.15, 0.2) is 54.6 Å². The largest absolute Gasteiger partial charge is 0.509 e. The van der Waals surface area contributed by atoms with Gasteiger partial charge in [0.1, 0.15) is 49.8 Å². The minimum Gasteiger partial charge on any atom is -0.431 e. The normalized spacial score (nSPS) is 27.5. The van der Waals surface area contributed by atoms with E-state index in [1.165, 1.54) is 0 Å². The van der Waals surface area contributed by atoms with Crippen LogP contribution in [0.5, 0.6) is 0 Å². The third-order valence-electron chi connectivity index (χ3n) is 8.50. The highest BCUT2D eigenvalue weighted by atomic mass is 19.1. The van der Waals surface area contributed by atoms with E-state index in [4.69, 9.17) is 47.4 Å². The molecule has 2 aromatic carbocycles. The third kappa shape index (κ3) is 12.4. The molecule has 2 fully saturated rings. The highest BCUT2D eigenvalue weighted by Gasteiger charge is 2.58. The van der Waals surface area contributed by atoms with Crippen molar-refractivity contribution in [3.8, 4) is 0 Å². The van der Waals surface area contributed by atoms with Crippen molar-refractivity contribution in [1.29, 1.82) is 0 Å². The van der Waals surface area contributed by atoms with Gasteiger partial charge in [-0.15, -0.1) is 0 Å². The summed E-state index contributed by atoms with van der Waals surface area (Å²) in [5.74, 6) is 0. The van der Waals surface area contributed by atoms with E-state index >= 15 is 8.78 Å². The molecule has 2 saturated heterocycles. The number of hydrogen-bond acceptors (Lipinski definition) is 16. The Morgan fingerprint density at radius 2 is 1.07 bits per heavy atom. The van der Waals surface area contributed by atoms with E-state index in [0.29, 0.717) is 16.7 Å². The monoisotopic (exact) mass is 798 g/mol.